The van der Waals surface area contributed by atoms with Gasteiger partial charge in [-0.1, -0.05) is 0 Å². The predicted molar refractivity (Wildman–Crippen MR) is 73.5 cm³/mol. The molecule has 0 amide bonds. The topological polar surface area (TPSA) is 70.2 Å². The van der Waals surface area contributed by atoms with Crippen LogP contribution in [0, 0.1) is 0 Å². The molecule has 0 bridgehead atoms. The van der Waals surface area contributed by atoms with Gasteiger partial charge in [-0.15, -0.1) is 0 Å². The smallest absolute Gasteiger partial charge is 0.277 e. The number of rotatable bonds is 3. The molecule has 0 spiro atoms. The van der Waals surface area contributed by atoms with Crippen LogP contribution in [0.4, 0.5) is 13.2 Å². The van der Waals surface area contributed by atoms with E-state index in [1.54, 1.807) is 6.07 Å². The zero-order valence-corrected chi connectivity index (χ0v) is 12.1. The molecule has 2 aromatic heterocycles. The summed E-state index contributed by atoms with van der Waals surface area (Å²) in [7, 11) is 0. The lowest BCUT2D eigenvalue weighted by Gasteiger charge is -2.02. The standard InChI is InChI=1S/C12H9BrF3N5/c13-10-7-5-6(1-2-8(7)18-20-10)11-17-9(19-21-11)3-4-12(14,15)16/h1-2,5H,3-4H2,(H,18,20)(H,17,19,21). The van der Waals surface area contributed by atoms with Gasteiger partial charge in [0.25, 0.3) is 0 Å². The Balaban J connectivity index is 1.85. The second kappa shape index (κ2) is 5.14. The third kappa shape index (κ3) is 3.07. The summed E-state index contributed by atoms with van der Waals surface area (Å²) in [6.45, 7) is 0. The monoisotopic (exact) mass is 359 g/mol. The Labute approximate surface area is 125 Å². The summed E-state index contributed by atoms with van der Waals surface area (Å²) in [6.07, 6.45) is -5.34. The minimum Gasteiger partial charge on any atom is -0.277 e. The van der Waals surface area contributed by atoms with E-state index in [9.17, 15) is 13.2 Å². The van der Waals surface area contributed by atoms with Crippen LogP contribution in [0.15, 0.2) is 22.8 Å². The molecule has 0 aliphatic heterocycles. The number of nitrogens with one attached hydrogen (secondary N) is 2. The fourth-order valence-electron chi connectivity index (χ4n) is 1.92. The van der Waals surface area contributed by atoms with Gasteiger partial charge in [0.2, 0.25) is 0 Å². The molecule has 2 N–H and O–H groups in total. The molecule has 1 aromatic carbocycles. The highest BCUT2D eigenvalue weighted by molar-refractivity contribution is 9.10. The molecule has 0 unspecified atom stereocenters. The number of alkyl halides is 3. The molecule has 0 aliphatic carbocycles. The maximum absolute atomic E-state index is 12.2. The van der Waals surface area contributed by atoms with Crippen LogP contribution in [0.5, 0.6) is 0 Å². The number of hydrogen-bond acceptors (Lipinski definition) is 3. The van der Waals surface area contributed by atoms with Gasteiger partial charge in [-0.3, -0.25) is 10.2 Å². The number of fused-ring (bicyclic) bond motifs is 1. The number of aromatic nitrogens is 5. The molecule has 21 heavy (non-hydrogen) atoms. The predicted octanol–water partition coefficient (Wildman–Crippen LogP) is 3.61. The van der Waals surface area contributed by atoms with Crippen LogP contribution in [0.3, 0.4) is 0 Å². The van der Waals surface area contributed by atoms with Gasteiger partial charge in [0.05, 0.1) is 11.9 Å². The maximum Gasteiger partial charge on any atom is 0.389 e. The number of benzene rings is 1. The first kappa shape index (κ1) is 14.1. The van der Waals surface area contributed by atoms with Crippen LogP contribution in [-0.4, -0.2) is 31.6 Å². The molecule has 9 heteroatoms. The lowest BCUT2D eigenvalue weighted by Crippen LogP contribution is -2.09. The van der Waals surface area contributed by atoms with E-state index < -0.39 is 12.6 Å². The van der Waals surface area contributed by atoms with Crippen molar-refractivity contribution in [3.8, 4) is 11.4 Å². The first-order chi connectivity index (χ1) is 9.92. The fraction of sp³-hybridized carbons (Fsp3) is 0.250. The van der Waals surface area contributed by atoms with Crippen LogP contribution in [0.1, 0.15) is 12.2 Å². The van der Waals surface area contributed by atoms with E-state index in [0.29, 0.717) is 16.0 Å². The highest BCUT2D eigenvalue weighted by Crippen LogP contribution is 2.26. The Kier molecular flexibility index (Phi) is 3.44. The molecular formula is C12H9BrF3N5. The molecule has 110 valence electrons. The van der Waals surface area contributed by atoms with Gasteiger partial charge in [0.1, 0.15) is 10.4 Å². The highest BCUT2D eigenvalue weighted by atomic mass is 79.9. The normalized spacial score (nSPS) is 12.2. The summed E-state index contributed by atoms with van der Waals surface area (Å²) in [5.41, 5.74) is 1.55. The molecule has 0 atom stereocenters. The summed E-state index contributed by atoms with van der Waals surface area (Å²) >= 11 is 3.31. The van der Waals surface area contributed by atoms with Gasteiger partial charge in [-0.25, -0.2) is 4.98 Å². The summed E-state index contributed by atoms with van der Waals surface area (Å²) in [6, 6.07) is 5.41. The fourth-order valence-corrected chi connectivity index (χ4v) is 2.33. The van der Waals surface area contributed by atoms with Crippen molar-refractivity contribution in [2.24, 2.45) is 0 Å². The largest absolute Gasteiger partial charge is 0.389 e. The SMILES string of the molecule is FC(F)(F)CCc1nc(-c2ccc3[nH]nc(Br)c3c2)n[nH]1. The molecule has 0 radical (unpaired) electrons. The Morgan fingerprint density at radius 3 is 2.71 bits per heavy atom. The van der Waals surface area contributed by atoms with Crippen molar-refractivity contribution in [3.05, 3.63) is 28.6 Å². The van der Waals surface area contributed by atoms with Crippen molar-refractivity contribution in [2.75, 3.05) is 0 Å². The zero-order valence-electron chi connectivity index (χ0n) is 10.5. The Bertz CT molecular complexity index is 777. The van der Waals surface area contributed by atoms with Gasteiger partial charge in [-0.05, 0) is 34.1 Å². The van der Waals surface area contributed by atoms with E-state index >= 15 is 0 Å². The van der Waals surface area contributed by atoms with Crippen molar-refractivity contribution < 1.29 is 13.2 Å². The van der Waals surface area contributed by atoms with Crippen LogP contribution >= 0.6 is 15.9 Å². The average Bonchev–Trinajstić information content (AvgIpc) is 3.03. The molecule has 2 heterocycles. The molecule has 0 saturated carbocycles. The summed E-state index contributed by atoms with van der Waals surface area (Å²) in [5, 5.41) is 14.2. The summed E-state index contributed by atoms with van der Waals surface area (Å²) in [5.74, 6) is 0.579. The van der Waals surface area contributed by atoms with Gasteiger partial charge in [0, 0.05) is 17.4 Å². The molecule has 0 saturated heterocycles. The molecule has 5 nitrogen and oxygen atoms in total. The van der Waals surface area contributed by atoms with E-state index in [0.717, 1.165) is 10.9 Å². The number of halogens is 4. The zero-order chi connectivity index (χ0) is 15.0. The van der Waals surface area contributed by atoms with Crippen LogP contribution in [-0.2, 0) is 6.42 Å². The van der Waals surface area contributed by atoms with Crippen LogP contribution in [0.2, 0.25) is 0 Å². The van der Waals surface area contributed by atoms with E-state index in [-0.39, 0.29) is 12.2 Å². The summed E-state index contributed by atoms with van der Waals surface area (Å²) in [4.78, 5) is 4.09. The van der Waals surface area contributed by atoms with Gasteiger partial charge in [0.15, 0.2) is 5.82 Å². The van der Waals surface area contributed by atoms with Crippen molar-refractivity contribution in [3.63, 3.8) is 0 Å². The third-order valence-corrected chi connectivity index (χ3v) is 3.56. The molecular weight excluding hydrogens is 351 g/mol. The van der Waals surface area contributed by atoms with Crippen molar-refractivity contribution in [1.82, 2.24) is 25.4 Å². The lowest BCUT2D eigenvalue weighted by molar-refractivity contribution is -0.134. The molecule has 3 aromatic rings. The van der Waals surface area contributed by atoms with E-state index in [1.807, 2.05) is 12.1 Å². The Morgan fingerprint density at radius 1 is 1.14 bits per heavy atom. The molecule has 0 aliphatic rings. The number of aromatic amines is 2. The number of H-pyrrole nitrogens is 2. The second-order valence-corrected chi connectivity index (χ2v) is 5.25. The Hall–Kier alpha value is -1.90. The highest BCUT2D eigenvalue weighted by Gasteiger charge is 2.27. The molecule has 3 rings (SSSR count). The lowest BCUT2D eigenvalue weighted by atomic mass is 10.1. The number of hydrogen-bond donors (Lipinski definition) is 2. The van der Waals surface area contributed by atoms with Gasteiger partial charge >= 0.3 is 6.18 Å². The van der Waals surface area contributed by atoms with Crippen molar-refractivity contribution in [2.45, 2.75) is 19.0 Å². The average molecular weight is 360 g/mol. The number of nitrogens with zero attached hydrogens (tertiary/aromatic N) is 3. The molecule has 0 fully saturated rings. The summed E-state index contributed by atoms with van der Waals surface area (Å²) < 4.78 is 37.2. The van der Waals surface area contributed by atoms with Crippen molar-refractivity contribution >= 4 is 26.8 Å². The van der Waals surface area contributed by atoms with Gasteiger partial charge < -0.3 is 0 Å². The van der Waals surface area contributed by atoms with E-state index in [4.69, 9.17) is 0 Å². The van der Waals surface area contributed by atoms with Crippen molar-refractivity contribution in [1.29, 1.82) is 0 Å². The first-order valence-corrected chi connectivity index (χ1v) is 6.84. The second-order valence-electron chi connectivity index (χ2n) is 4.50. The van der Waals surface area contributed by atoms with Crippen LogP contribution in [0.25, 0.3) is 22.3 Å². The first-order valence-electron chi connectivity index (χ1n) is 6.04. The van der Waals surface area contributed by atoms with Gasteiger partial charge in [-0.2, -0.15) is 23.4 Å². The maximum atomic E-state index is 12.2. The number of aryl methyl sites for hydroxylation is 1. The quantitative estimate of drug-likeness (QED) is 0.750. The minimum atomic E-state index is -4.20. The van der Waals surface area contributed by atoms with Crippen LogP contribution < -0.4 is 0 Å². The minimum absolute atomic E-state index is 0.214. The van der Waals surface area contributed by atoms with E-state index in [2.05, 4.69) is 41.3 Å². The third-order valence-electron chi connectivity index (χ3n) is 2.95. The Morgan fingerprint density at radius 2 is 1.95 bits per heavy atom. The van der Waals surface area contributed by atoms with E-state index in [1.165, 1.54) is 0 Å².